The summed E-state index contributed by atoms with van der Waals surface area (Å²) >= 11 is 0. The summed E-state index contributed by atoms with van der Waals surface area (Å²) in [5.74, 6) is -0.216. The van der Waals surface area contributed by atoms with Crippen molar-refractivity contribution in [3.05, 3.63) is 53.6 Å². The number of aromatic nitrogens is 2. The Balaban J connectivity index is 0.00000192. The van der Waals surface area contributed by atoms with Gasteiger partial charge in [0.15, 0.2) is 0 Å². The third kappa shape index (κ3) is 5.00. The molecule has 23 heavy (non-hydrogen) atoms. The van der Waals surface area contributed by atoms with Crippen LogP contribution in [0.1, 0.15) is 11.1 Å². The molecule has 126 valence electrons. The Labute approximate surface area is 141 Å². The van der Waals surface area contributed by atoms with Crippen molar-refractivity contribution in [2.75, 3.05) is 26.2 Å². The minimum Gasteiger partial charge on any atom is -0.374 e. The average Bonchev–Trinajstić information content (AvgIpc) is 2.97. The van der Waals surface area contributed by atoms with Crippen LogP contribution in [-0.2, 0) is 17.8 Å². The lowest BCUT2D eigenvalue weighted by molar-refractivity contribution is -0.0260. The molecule has 0 saturated carbocycles. The van der Waals surface area contributed by atoms with Crippen molar-refractivity contribution in [2.45, 2.75) is 19.2 Å². The molecule has 7 heteroatoms. The maximum Gasteiger partial charge on any atom is 0.123 e. The topological polar surface area (TPSA) is 56.3 Å². The van der Waals surface area contributed by atoms with Gasteiger partial charge in [-0.2, -0.15) is 5.10 Å². The predicted octanol–water partition coefficient (Wildman–Crippen LogP) is 1.65. The molecule has 1 aliphatic heterocycles. The van der Waals surface area contributed by atoms with Gasteiger partial charge in [-0.15, -0.1) is 12.4 Å². The Morgan fingerprint density at radius 2 is 2.00 bits per heavy atom. The highest BCUT2D eigenvalue weighted by molar-refractivity contribution is 5.85. The minimum atomic E-state index is -0.216. The van der Waals surface area contributed by atoms with Gasteiger partial charge in [-0.3, -0.25) is 9.58 Å². The molecule has 2 N–H and O–H groups in total. The van der Waals surface area contributed by atoms with Gasteiger partial charge in [-0.1, -0.05) is 12.1 Å². The van der Waals surface area contributed by atoms with Crippen molar-refractivity contribution in [1.29, 1.82) is 0 Å². The second-order valence-corrected chi connectivity index (χ2v) is 5.64. The number of hydrogen-bond donors (Lipinski definition) is 1. The molecule has 1 atom stereocenters. The number of rotatable bonds is 5. The quantitative estimate of drug-likeness (QED) is 0.899. The van der Waals surface area contributed by atoms with E-state index in [1.54, 1.807) is 12.1 Å². The largest absolute Gasteiger partial charge is 0.374 e. The van der Waals surface area contributed by atoms with Crippen LogP contribution in [0, 0.1) is 5.82 Å². The van der Waals surface area contributed by atoms with Gasteiger partial charge in [0.25, 0.3) is 0 Å². The van der Waals surface area contributed by atoms with Gasteiger partial charge in [-0.05, 0) is 17.7 Å². The smallest absolute Gasteiger partial charge is 0.123 e. The molecule has 1 aromatic heterocycles. The van der Waals surface area contributed by atoms with E-state index in [2.05, 4.69) is 10.00 Å². The van der Waals surface area contributed by atoms with Crippen LogP contribution in [0.5, 0.6) is 0 Å². The first-order chi connectivity index (χ1) is 10.7. The molecule has 2 heterocycles. The Hall–Kier alpha value is -1.47. The lowest BCUT2D eigenvalue weighted by atomic mass is 10.2. The molecular weight excluding hydrogens is 319 g/mol. The van der Waals surface area contributed by atoms with Crippen LogP contribution in [0.25, 0.3) is 0 Å². The monoisotopic (exact) mass is 340 g/mol. The Morgan fingerprint density at radius 3 is 2.74 bits per heavy atom. The van der Waals surface area contributed by atoms with Crippen LogP contribution in [0.2, 0.25) is 0 Å². The van der Waals surface area contributed by atoms with Gasteiger partial charge < -0.3 is 10.5 Å². The number of halogens is 2. The van der Waals surface area contributed by atoms with Gasteiger partial charge >= 0.3 is 0 Å². The molecule has 0 spiro atoms. The first-order valence-electron chi connectivity index (χ1n) is 7.53. The van der Waals surface area contributed by atoms with Crippen molar-refractivity contribution >= 4 is 12.4 Å². The number of morpholine rings is 1. The predicted molar refractivity (Wildman–Crippen MR) is 89.0 cm³/mol. The number of benzene rings is 1. The van der Waals surface area contributed by atoms with Crippen molar-refractivity contribution in [3.63, 3.8) is 0 Å². The fourth-order valence-corrected chi connectivity index (χ4v) is 2.68. The summed E-state index contributed by atoms with van der Waals surface area (Å²) in [7, 11) is 0. The molecule has 1 fully saturated rings. The standard InChI is InChI=1S/C16H21FN4O.ClH/c17-15-3-1-13(2-4-15)10-21-11-14(8-19-21)9-20-5-6-22-16(7-18)12-20;/h1-4,8,11,16H,5-7,9-10,12,18H2;1H. The average molecular weight is 341 g/mol. The zero-order valence-corrected chi connectivity index (χ0v) is 13.7. The summed E-state index contributed by atoms with van der Waals surface area (Å²) in [6.45, 7) is 4.56. The first-order valence-corrected chi connectivity index (χ1v) is 7.53. The number of ether oxygens (including phenoxy) is 1. The Bertz CT molecular complexity index is 604. The summed E-state index contributed by atoms with van der Waals surface area (Å²) in [5, 5.41) is 4.38. The summed E-state index contributed by atoms with van der Waals surface area (Å²) in [4.78, 5) is 2.33. The Kier molecular flexibility index (Phi) is 6.53. The molecule has 1 saturated heterocycles. The van der Waals surface area contributed by atoms with Crippen molar-refractivity contribution in [3.8, 4) is 0 Å². The van der Waals surface area contributed by atoms with E-state index in [4.69, 9.17) is 10.5 Å². The number of hydrogen-bond acceptors (Lipinski definition) is 4. The lowest BCUT2D eigenvalue weighted by Gasteiger charge is -2.31. The van der Waals surface area contributed by atoms with E-state index in [-0.39, 0.29) is 24.3 Å². The molecule has 0 amide bonds. The normalized spacial score (nSPS) is 18.6. The third-order valence-corrected chi connectivity index (χ3v) is 3.84. The lowest BCUT2D eigenvalue weighted by Crippen LogP contribution is -2.45. The number of nitrogens with two attached hydrogens (primary N) is 1. The van der Waals surface area contributed by atoms with Crippen LogP contribution >= 0.6 is 12.4 Å². The SMILES string of the molecule is Cl.NCC1CN(Cc2cnn(Cc3ccc(F)cc3)c2)CCO1. The van der Waals surface area contributed by atoms with Crippen LogP contribution in [0.3, 0.4) is 0 Å². The second kappa shape index (κ2) is 8.40. The van der Waals surface area contributed by atoms with E-state index in [0.717, 1.165) is 31.8 Å². The van der Waals surface area contributed by atoms with E-state index < -0.39 is 0 Å². The zero-order chi connectivity index (χ0) is 15.4. The van der Waals surface area contributed by atoms with E-state index >= 15 is 0 Å². The first kappa shape index (κ1) is 17.9. The van der Waals surface area contributed by atoms with Crippen LogP contribution in [0.4, 0.5) is 4.39 Å². The summed E-state index contributed by atoms with van der Waals surface area (Å²) < 4.78 is 20.4. The van der Waals surface area contributed by atoms with E-state index in [0.29, 0.717) is 13.1 Å². The molecule has 3 rings (SSSR count). The van der Waals surface area contributed by atoms with Crippen molar-refractivity contribution in [2.24, 2.45) is 5.73 Å². The van der Waals surface area contributed by atoms with Crippen LogP contribution in [-0.4, -0.2) is 47.0 Å². The molecule has 5 nitrogen and oxygen atoms in total. The van der Waals surface area contributed by atoms with E-state index in [9.17, 15) is 4.39 Å². The maximum absolute atomic E-state index is 12.9. The second-order valence-electron chi connectivity index (χ2n) is 5.64. The molecule has 0 radical (unpaired) electrons. The Morgan fingerprint density at radius 1 is 1.22 bits per heavy atom. The van der Waals surface area contributed by atoms with E-state index in [1.807, 2.05) is 17.1 Å². The van der Waals surface area contributed by atoms with Crippen LogP contribution in [0.15, 0.2) is 36.7 Å². The third-order valence-electron chi connectivity index (χ3n) is 3.84. The van der Waals surface area contributed by atoms with Gasteiger partial charge in [0.05, 0.1) is 25.5 Å². The van der Waals surface area contributed by atoms with E-state index in [1.165, 1.54) is 17.7 Å². The number of nitrogens with zero attached hydrogens (tertiary/aromatic N) is 3. The highest BCUT2D eigenvalue weighted by atomic mass is 35.5. The molecule has 2 aromatic rings. The fraction of sp³-hybridized carbons (Fsp3) is 0.438. The van der Waals surface area contributed by atoms with Gasteiger partial charge in [-0.25, -0.2) is 4.39 Å². The maximum atomic E-state index is 12.9. The molecule has 1 aromatic carbocycles. The van der Waals surface area contributed by atoms with Gasteiger partial charge in [0, 0.05) is 37.9 Å². The zero-order valence-electron chi connectivity index (χ0n) is 12.9. The highest BCUT2D eigenvalue weighted by Crippen LogP contribution is 2.11. The molecule has 1 unspecified atom stereocenters. The van der Waals surface area contributed by atoms with Gasteiger partial charge in [0.1, 0.15) is 5.82 Å². The highest BCUT2D eigenvalue weighted by Gasteiger charge is 2.19. The summed E-state index contributed by atoms with van der Waals surface area (Å²) in [5.41, 5.74) is 7.86. The fourth-order valence-electron chi connectivity index (χ4n) is 2.68. The van der Waals surface area contributed by atoms with Gasteiger partial charge in [0.2, 0.25) is 0 Å². The summed E-state index contributed by atoms with van der Waals surface area (Å²) in [6, 6.07) is 6.51. The summed E-state index contributed by atoms with van der Waals surface area (Å²) in [6.07, 6.45) is 4.05. The van der Waals surface area contributed by atoms with Crippen molar-refractivity contribution in [1.82, 2.24) is 14.7 Å². The molecule has 0 bridgehead atoms. The van der Waals surface area contributed by atoms with Crippen LogP contribution < -0.4 is 5.73 Å². The molecule has 1 aliphatic rings. The van der Waals surface area contributed by atoms with Crippen molar-refractivity contribution < 1.29 is 9.13 Å². The molecular formula is C16H22ClFN4O. The minimum absolute atomic E-state index is 0. The molecule has 0 aliphatic carbocycles.